The van der Waals surface area contributed by atoms with Gasteiger partial charge in [-0.15, -0.1) is 0 Å². The Morgan fingerprint density at radius 1 is 1.43 bits per heavy atom. The fourth-order valence-corrected chi connectivity index (χ4v) is 0. The zero-order chi connectivity index (χ0) is 6.28. The topological polar surface area (TPSA) is 17.1 Å². The maximum atomic E-state index is 9.44. The predicted octanol–water partition coefficient (Wildman–Crippen LogP) is 1.97. The van der Waals surface area contributed by atoms with Gasteiger partial charge in [-0.1, -0.05) is 0 Å². The number of ketones is 1. The van der Waals surface area contributed by atoms with Gasteiger partial charge >= 0.3 is 34.5 Å². The summed E-state index contributed by atoms with van der Waals surface area (Å²) in [5, 5.41) is 0. The third-order valence-corrected chi connectivity index (χ3v) is 0. The number of hydrogen-bond donors (Lipinski definition) is 0. The first-order valence-corrected chi connectivity index (χ1v) is 5.95. The van der Waals surface area contributed by atoms with E-state index in [0.29, 0.717) is 0 Å². The number of carbonyl (C=O) groups excluding carboxylic acids is 1. The Bertz CT molecular complexity index is 44.2. The molecule has 46 valence electrons. The average Bonchev–Trinajstić information content (AvgIpc) is 1.33. The Labute approximate surface area is 59.1 Å². The quantitative estimate of drug-likeness (QED) is 0.581. The van der Waals surface area contributed by atoms with Crippen molar-refractivity contribution in [1.29, 1.82) is 0 Å². The summed E-state index contributed by atoms with van der Waals surface area (Å²) in [6, 6.07) is 0. The molecule has 0 spiro atoms. The SMILES string of the molecule is CC(C)=O.[Cl][Ru][Cl]. The van der Waals surface area contributed by atoms with Crippen molar-refractivity contribution in [3.05, 3.63) is 0 Å². The molecule has 0 heterocycles. The molecule has 0 bridgehead atoms. The minimum absolute atomic E-state index is 0.167. The molecule has 0 aromatic carbocycles. The zero-order valence-corrected chi connectivity index (χ0v) is 7.27. The molecule has 0 fully saturated rings. The second kappa shape index (κ2) is 9.98. The van der Waals surface area contributed by atoms with E-state index in [-0.39, 0.29) is 20.9 Å². The Hall–Kier alpha value is 0.873. The second-order valence-electron chi connectivity index (χ2n) is 0.959. The van der Waals surface area contributed by atoms with E-state index in [1.807, 2.05) is 0 Å². The van der Waals surface area contributed by atoms with Gasteiger partial charge in [0.15, 0.2) is 0 Å². The van der Waals surface area contributed by atoms with E-state index >= 15 is 0 Å². The Kier molecular flexibility index (Phi) is 15.4. The minimum atomic E-state index is -0.346. The van der Waals surface area contributed by atoms with E-state index in [0.717, 1.165) is 0 Å². The van der Waals surface area contributed by atoms with Crippen LogP contribution in [0.25, 0.3) is 0 Å². The standard InChI is InChI=1S/C3H6O.2ClH.Ru/c1-3(2)4;;;/h1-2H3;2*1H;/q;;;+2/p-2. The first-order valence-electron chi connectivity index (χ1n) is 1.47. The first-order chi connectivity index (χ1) is 3.15. The van der Waals surface area contributed by atoms with Gasteiger partial charge in [0.05, 0.1) is 0 Å². The van der Waals surface area contributed by atoms with Gasteiger partial charge in [-0.05, 0) is 13.8 Å². The summed E-state index contributed by atoms with van der Waals surface area (Å²) in [7, 11) is 9.71. The fourth-order valence-electron chi connectivity index (χ4n) is 0. The van der Waals surface area contributed by atoms with Crippen LogP contribution >= 0.6 is 19.4 Å². The Morgan fingerprint density at radius 3 is 1.43 bits per heavy atom. The third kappa shape index (κ3) is 214. The van der Waals surface area contributed by atoms with E-state index in [4.69, 9.17) is 19.4 Å². The molecule has 0 saturated heterocycles. The van der Waals surface area contributed by atoms with E-state index in [1.54, 1.807) is 0 Å². The summed E-state index contributed by atoms with van der Waals surface area (Å²) in [5.74, 6) is 0.167. The van der Waals surface area contributed by atoms with E-state index in [1.165, 1.54) is 13.8 Å². The van der Waals surface area contributed by atoms with Crippen LogP contribution in [0, 0.1) is 0 Å². The molecule has 1 nitrogen and oxygen atoms in total. The van der Waals surface area contributed by atoms with Crippen molar-refractivity contribution in [2.24, 2.45) is 0 Å². The molecule has 7 heavy (non-hydrogen) atoms. The van der Waals surface area contributed by atoms with E-state index in [2.05, 4.69) is 0 Å². The molecule has 0 N–H and O–H groups in total. The molecular formula is C3H6Cl2ORu. The molecular weight excluding hydrogens is 224 g/mol. The molecule has 0 aromatic rings. The van der Waals surface area contributed by atoms with Crippen molar-refractivity contribution in [1.82, 2.24) is 0 Å². The van der Waals surface area contributed by atoms with Gasteiger partial charge in [0.25, 0.3) is 0 Å². The van der Waals surface area contributed by atoms with Gasteiger partial charge in [0.2, 0.25) is 0 Å². The molecule has 0 rings (SSSR count). The summed E-state index contributed by atoms with van der Waals surface area (Å²) in [4.78, 5) is 9.44. The molecule has 0 atom stereocenters. The number of Topliss-reactive ketones (excluding diaryl/α,β-unsaturated/α-hetero) is 1. The summed E-state index contributed by atoms with van der Waals surface area (Å²) in [6.45, 7) is 3.06. The van der Waals surface area contributed by atoms with Crippen LogP contribution in [0.5, 0.6) is 0 Å². The van der Waals surface area contributed by atoms with Crippen LogP contribution in [0.15, 0.2) is 0 Å². The predicted molar refractivity (Wildman–Crippen MR) is 28.1 cm³/mol. The first kappa shape index (κ1) is 10.8. The normalized spacial score (nSPS) is 6.86. The molecule has 4 heteroatoms. The molecule has 0 aliphatic carbocycles. The van der Waals surface area contributed by atoms with E-state index < -0.39 is 0 Å². The molecule has 0 saturated carbocycles. The van der Waals surface area contributed by atoms with Crippen molar-refractivity contribution in [2.75, 3.05) is 0 Å². The van der Waals surface area contributed by atoms with Crippen LogP contribution in [-0.4, -0.2) is 5.78 Å². The van der Waals surface area contributed by atoms with Gasteiger partial charge < -0.3 is 4.79 Å². The van der Waals surface area contributed by atoms with Crippen molar-refractivity contribution in [3.8, 4) is 0 Å². The van der Waals surface area contributed by atoms with Gasteiger partial charge in [0, 0.05) is 0 Å². The number of halogens is 2. The van der Waals surface area contributed by atoms with Crippen molar-refractivity contribution < 1.29 is 19.9 Å². The van der Waals surface area contributed by atoms with E-state index in [9.17, 15) is 4.79 Å². The number of carbonyl (C=O) groups is 1. The second-order valence-corrected chi connectivity index (χ2v) is 3.60. The summed E-state index contributed by atoms with van der Waals surface area (Å²) < 4.78 is 0. The molecule has 0 amide bonds. The van der Waals surface area contributed by atoms with Gasteiger partial charge in [-0.25, -0.2) is 0 Å². The van der Waals surface area contributed by atoms with Gasteiger partial charge in [-0.3, -0.25) is 0 Å². The van der Waals surface area contributed by atoms with Gasteiger partial charge in [0.1, 0.15) is 5.78 Å². The van der Waals surface area contributed by atoms with Crippen molar-refractivity contribution in [2.45, 2.75) is 13.8 Å². The molecule has 0 radical (unpaired) electrons. The summed E-state index contributed by atoms with van der Waals surface area (Å²) in [5.41, 5.74) is 0. The van der Waals surface area contributed by atoms with Crippen LogP contribution in [0.4, 0.5) is 0 Å². The van der Waals surface area contributed by atoms with Crippen molar-refractivity contribution >= 4 is 25.2 Å². The monoisotopic (exact) mass is 230 g/mol. The number of rotatable bonds is 0. The molecule has 0 aromatic heterocycles. The van der Waals surface area contributed by atoms with Crippen LogP contribution in [0.1, 0.15) is 13.8 Å². The summed E-state index contributed by atoms with van der Waals surface area (Å²) in [6.07, 6.45) is 0. The summed E-state index contributed by atoms with van der Waals surface area (Å²) >= 11 is -0.346. The Balaban J connectivity index is 0. The molecule has 0 aliphatic rings. The third-order valence-electron chi connectivity index (χ3n) is 0. The average molecular weight is 230 g/mol. The number of hydrogen-bond acceptors (Lipinski definition) is 1. The maximum absolute atomic E-state index is 9.44. The van der Waals surface area contributed by atoms with Crippen LogP contribution < -0.4 is 0 Å². The van der Waals surface area contributed by atoms with Crippen LogP contribution in [-0.2, 0) is 19.9 Å². The fraction of sp³-hybridized carbons (Fsp3) is 0.667. The van der Waals surface area contributed by atoms with Crippen LogP contribution in [0.3, 0.4) is 0 Å². The molecule has 0 unspecified atom stereocenters. The van der Waals surface area contributed by atoms with Crippen LogP contribution in [0.2, 0.25) is 0 Å². The molecule has 0 aliphatic heterocycles. The van der Waals surface area contributed by atoms with Gasteiger partial charge in [-0.2, -0.15) is 0 Å². The zero-order valence-electron chi connectivity index (χ0n) is 4.02. The Morgan fingerprint density at radius 2 is 1.43 bits per heavy atom. The van der Waals surface area contributed by atoms with Crippen molar-refractivity contribution in [3.63, 3.8) is 0 Å².